The molecule has 0 aromatic heterocycles. The number of nitrogens with two attached hydrogens (primary N) is 1. The number of sulfonamides is 2. The summed E-state index contributed by atoms with van der Waals surface area (Å²) in [7, 11) is -8.06. The Hall–Kier alpha value is -4.33. The molecule has 1 atom stereocenters. The largest absolute Gasteiger partial charge is 0.449 e. The zero-order valence-electron chi connectivity index (χ0n) is 20.8. The molecule has 3 aromatic rings. The van der Waals surface area contributed by atoms with Gasteiger partial charge in [-0.05, 0) is 68.0 Å². The first-order valence-corrected chi connectivity index (χ1v) is 14.3. The van der Waals surface area contributed by atoms with Crippen LogP contribution >= 0.6 is 0 Å². The van der Waals surface area contributed by atoms with Crippen LogP contribution in [0.2, 0.25) is 0 Å². The van der Waals surface area contributed by atoms with Crippen LogP contribution in [0.25, 0.3) is 6.08 Å². The van der Waals surface area contributed by atoms with E-state index >= 15 is 0 Å². The number of anilines is 2. The molecule has 0 saturated heterocycles. The van der Waals surface area contributed by atoms with Crippen LogP contribution < -0.4 is 15.2 Å². The van der Waals surface area contributed by atoms with E-state index in [1.54, 1.807) is 18.2 Å². The molecule has 0 radical (unpaired) electrons. The lowest BCUT2D eigenvalue weighted by atomic mass is 10.1. The van der Waals surface area contributed by atoms with E-state index in [4.69, 9.17) is 9.88 Å². The van der Waals surface area contributed by atoms with Crippen molar-refractivity contribution < 1.29 is 36.0 Å². The average molecular weight is 572 g/mol. The van der Waals surface area contributed by atoms with Gasteiger partial charge in [-0.25, -0.2) is 26.8 Å². The van der Waals surface area contributed by atoms with Gasteiger partial charge >= 0.3 is 5.97 Å². The minimum atomic E-state index is -4.05. The molecule has 0 aliphatic heterocycles. The molecule has 3 rings (SSSR count). The van der Waals surface area contributed by atoms with Crippen LogP contribution in [-0.2, 0) is 34.4 Å². The summed E-state index contributed by atoms with van der Waals surface area (Å²) in [4.78, 5) is 35.6. The van der Waals surface area contributed by atoms with E-state index < -0.39 is 38.0 Å². The van der Waals surface area contributed by atoms with Crippen molar-refractivity contribution in [3.05, 3.63) is 90.0 Å². The maximum Gasteiger partial charge on any atom is 0.331 e. The third-order valence-corrected chi connectivity index (χ3v) is 7.52. The van der Waals surface area contributed by atoms with E-state index in [9.17, 15) is 31.2 Å². The van der Waals surface area contributed by atoms with E-state index in [0.29, 0.717) is 16.8 Å². The highest BCUT2D eigenvalue weighted by Crippen LogP contribution is 2.20. The second-order valence-corrected chi connectivity index (χ2v) is 11.5. The molecule has 4 N–H and O–H groups in total. The lowest BCUT2D eigenvalue weighted by Gasteiger charge is -2.12. The van der Waals surface area contributed by atoms with Crippen molar-refractivity contribution in [2.45, 2.75) is 29.7 Å². The number of hydrogen-bond acceptors (Lipinski definition) is 8. The standard InChI is InChI=1S/C26H25N3O8S2/c1-17(30)20-5-3-6-21(15-20)28-26(32)18(2)37-25(31)14-11-19-9-12-23(13-10-19)39(35,36)29-22-7-4-8-24(16-22)38(27,33)34/h3-16,18,29H,1-2H3,(H,28,32)(H2,27,33,34)/b14-11+/t18-/m0/s1. The number of ether oxygens (including phenoxy) is 1. The van der Waals surface area contributed by atoms with E-state index in [0.717, 1.165) is 12.1 Å². The fourth-order valence-electron chi connectivity index (χ4n) is 3.20. The number of hydrogen-bond donors (Lipinski definition) is 3. The molecule has 13 heteroatoms. The third kappa shape index (κ3) is 8.33. The number of Topliss-reactive ketones (excluding diaryl/α,β-unsaturated/α-hetero) is 1. The Morgan fingerprint density at radius 2 is 1.51 bits per heavy atom. The molecule has 39 heavy (non-hydrogen) atoms. The number of primary sulfonamides is 1. The van der Waals surface area contributed by atoms with Crippen LogP contribution in [0, 0.1) is 0 Å². The maximum atomic E-state index is 12.7. The van der Waals surface area contributed by atoms with Gasteiger partial charge in [0, 0.05) is 17.3 Å². The Labute approximate surface area is 225 Å². The van der Waals surface area contributed by atoms with Gasteiger partial charge in [-0.15, -0.1) is 0 Å². The second kappa shape index (κ2) is 12.0. The van der Waals surface area contributed by atoms with Crippen LogP contribution in [0.4, 0.5) is 11.4 Å². The summed E-state index contributed by atoms with van der Waals surface area (Å²) in [6.07, 6.45) is 1.33. The molecule has 3 aromatic carbocycles. The minimum Gasteiger partial charge on any atom is -0.449 e. The van der Waals surface area contributed by atoms with Gasteiger partial charge in [-0.3, -0.25) is 14.3 Å². The highest BCUT2D eigenvalue weighted by molar-refractivity contribution is 7.92. The van der Waals surface area contributed by atoms with Crippen LogP contribution in [0.1, 0.15) is 29.8 Å². The molecule has 0 saturated carbocycles. The molecule has 0 bridgehead atoms. The van der Waals surface area contributed by atoms with Gasteiger partial charge in [0.05, 0.1) is 15.5 Å². The Bertz CT molecular complexity index is 1650. The summed E-state index contributed by atoms with van der Waals surface area (Å²) >= 11 is 0. The summed E-state index contributed by atoms with van der Waals surface area (Å²) in [5.74, 6) is -1.55. The summed E-state index contributed by atoms with van der Waals surface area (Å²) < 4.78 is 55.7. The molecule has 0 heterocycles. The molecule has 0 aliphatic carbocycles. The predicted octanol–water partition coefficient (Wildman–Crippen LogP) is 2.92. The van der Waals surface area contributed by atoms with E-state index in [-0.39, 0.29) is 21.3 Å². The number of ketones is 1. The van der Waals surface area contributed by atoms with Gasteiger partial charge in [-0.2, -0.15) is 0 Å². The third-order valence-electron chi connectivity index (χ3n) is 5.22. The molecule has 0 unspecified atom stereocenters. The highest BCUT2D eigenvalue weighted by atomic mass is 32.2. The van der Waals surface area contributed by atoms with Crippen molar-refractivity contribution in [1.29, 1.82) is 0 Å². The number of amides is 1. The Morgan fingerprint density at radius 1 is 0.872 bits per heavy atom. The monoisotopic (exact) mass is 571 g/mol. The Kier molecular flexibility index (Phi) is 9.01. The second-order valence-electron chi connectivity index (χ2n) is 8.29. The molecule has 11 nitrogen and oxygen atoms in total. The summed E-state index contributed by atoms with van der Waals surface area (Å²) in [6, 6.07) is 16.9. The van der Waals surface area contributed by atoms with Gasteiger partial charge in [0.25, 0.3) is 15.9 Å². The number of benzene rings is 3. The van der Waals surface area contributed by atoms with Gasteiger partial charge in [0.15, 0.2) is 11.9 Å². The van der Waals surface area contributed by atoms with Crippen LogP contribution in [0.15, 0.2) is 88.7 Å². The number of esters is 1. The van der Waals surface area contributed by atoms with Crippen molar-refractivity contribution in [3.8, 4) is 0 Å². The molecule has 0 spiro atoms. The summed E-state index contributed by atoms with van der Waals surface area (Å²) in [5.41, 5.74) is 1.29. The lowest BCUT2D eigenvalue weighted by molar-refractivity contribution is -0.148. The molecular formula is C26H25N3O8S2. The van der Waals surface area contributed by atoms with Crippen LogP contribution in [0.3, 0.4) is 0 Å². The van der Waals surface area contributed by atoms with Crippen molar-refractivity contribution in [1.82, 2.24) is 0 Å². The van der Waals surface area contributed by atoms with E-state index in [1.165, 1.54) is 68.5 Å². The SMILES string of the molecule is CC(=O)c1cccc(NC(=O)[C@H](C)OC(=O)/C=C/c2ccc(S(=O)(=O)Nc3cccc(S(N)(=O)=O)c3)cc2)c1. The van der Waals surface area contributed by atoms with Gasteiger partial charge in [0.1, 0.15) is 0 Å². The summed E-state index contributed by atoms with van der Waals surface area (Å²) in [5, 5.41) is 7.65. The first-order valence-electron chi connectivity index (χ1n) is 11.3. The Morgan fingerprint density at radius 3 is 2.15 bits per heavy atom. The highest BCUT2D eigenvalue weighted by Gasteiger charge is 2.18. The topological polar surface area (TPSA) is 179 Å². The van der Waals surface area contributed by atoms with Gasteiger partial charge in [0.2, 0.25) is 10.0 Å². The van der Waals surface area contributed by atoms with Crippen LogP contribution in [0.5, 0.6) is 0 Å². The molecule has 204 valence electrons. The number of nitrogens with one attached hydrogen (secondary N) is 2. The number of carbonyl (C=O) groups is 3. The van der Waals surface area contributed by atoms with Crippen molar-refractivity contribution in [2.24, 2.45) is 5.14 Å². The zero-order valence-corrected chi connectivity index (χ0v) is 22.5. The Balaban J connectivity index is 1.59. The molecule has 1 amide bonds. The maximum absolute atomic E-state index is 12.7. The smallest absolute Gasteiger partial charge is 0.331 e. The van der Waals surface area contributed by atoms with E-state index in [1.807, 2.05) is 0 Å². The first-order chi connectivity index (χ1) is 18.2. The fraction of sp³-hybridized carbons (Fsp3) is 0.115. The number of carbonyl (C=O) groups excluding carboxylic acids is 3. The van der Waals surface area contributed by atoms with E-state index in [2.05, 4.69) is 10.0 Å². The number of rotatable bonds is 10. The quantitative estimate of drug-likeness (QED) is 0.189. The zero-order chi connectivity index (χ0) is 28.8. The van der Waals surface area contributed by atoms with Crippen molar-refractivity contribution in [3.63, 3.8) is 0 Å². The fourth-order valence-corrected chi connectivity index (χ4v) is 4.81. The first kappa shape index (κ1) is 29.2. The average Bonchev–Trinajstić information content (AvgIpc) is 2.87. The summed E-state index contributed by atoms with van der Waals surface area (Å²) in [6.45, 7) is 2.79. The normalized spacial score (nSPS) is 12.5. The lowest BCUT2D eigenvalue weighted by Crippen LogP contribution is -2.29. The van der Waals surface area contributed by atoms with Crippen molar-refractivity contribution in [2.75, 3.05) is 10.0 Å². The van der Waals surface area contributed by atoms with Crippen molar-refractivity contribution >= 4 is 55.2 Å². The molecule has 0 aliphatic rings. The van der Waals surface area contributed by atoms with Crippen LogP contribution in [-0.4, -0.2) is 40.6 Å². The van der Waals surface area contributed by atoms with Gasteiger partial charge in [-0.1, -0.05) is 30.3 Å². The molecule has 0 fully saturated rings. The van der Waals surface area contributed by atoms with Gasteiger partial charge < -0.3 is 10.1 Å². The predicted molar refractivity (Wildman–Crippen MR) is 145 cm³/mol. The molecular weight excluding hydrogens is 546 g/mol. The minimum absolute atomic E-state index is 0.0120.